The molecular weight excluding hydrogens is 296 g/mol. The highest BCUT2D eigenvalue weighted by Gasteiger charge is 2.29. The summed E-state index contributed by atoms with van der Waals surface area (Å²) in [6.07, 6.45) is 21.7. The minimum atomic E-state index is 0.0960. The van der Waals surface area contributed by atoms with Crippen LogP contribution in [-0.2, 0) is 9.53 Å². The van der Waals surface area contributed by atoms with Crippen molar-refractivity contribution >= 4 is 5.97 Å². The van der Waals surface area contributed by atoms with Crippen molar-refractivity contribution in [1.29, 1.82) is 0 Å². The number of hydrogen-bond acceptors (Lipinski definition) is 2. The van der Waals surface area contributed by atoms with E-state index in [4.69, 9.17) is 4.74 Å². The third-order valence-corrected chi connectivity index (χ3v) is 5.49. The van der Waals surface area contributed by atoms with Crippen molar-refractivity contribution in [3.63, 3.8) is 0 Å². The predicted molar refractivity (Wildman–Crippen MR) is 103 cm³/mol. The Labute approximate surface area is 151 Å². The zero-order valence-corrected chi connectivity index (χ0v) is 16.5. The maximum absolute atomic E-state index is 12.1. The lowest BCUT2D eigenvalue weighted by atomic mass is 9.91. The number of carbonyl (C=O) groups excluding carboxylic acids is 1. The van der Waals surface area contributed by atoms with Gasteiger partial charge in [0.05, 0.1) is 5.92 Å². The Bertz CT molecular complexity index is 300. The van der Waals surface area contributed by atoms with E-state index in [9.17, 15) is 4.79 Å². The molecule has 0 aromatic heterocycles. The van der Waals surface area contributed by atoms with Crippen molar-refractivity contribution in [2.24, 2.45) is 5.92 Å². The molecule has 24 heavy (non-hydrogen) atoms. The number of esters is 1. The van der Waals surface area contributed by atoms with Crippen LogP contribution in [-0.4, -0.2) is 12.1 Å². The van der Waals surface area contributed by atoms with E-state index in [0.717, 1.165) is 25.7 Å². The number of rotatable bonds is 15. The quantitative estimate of drug-likeness (QED) is 0.233. The zero-order valence-electron chi connectivity index (χ0n) is 16.5. The van der Waals surface area contributed by atoms with E-state index in [1.54, 1.807) is 0 Å². The summed E-state index contributed by atoms with van der Waals surface area (Å²) < 4.78 is 5.69. The summed E-state index contributed by atoms with van der Waals surface area (Å²) >= 11 is 0. The molecule has 2 nitrogen and oxygen atoms in total. The fourth-order valence-corrected chi connectivity index (χ4v) is 3.79. The molecule has 142 valence electrons. The van der Waals surface area contributed by atoms with Gasteiger partial charge in [0.2, 0.25) is 0 Å². The lowest BCUT2D eigenvalue weighted by Crippen LogP contribution is -2.31. The molecule has 0 aromatic rings. The Morgan fingerprint density at radius 3 is 1.79 bits per heavy atom. The largest absolute Gasteiger partial charge is 0.462 e. The molecule has 1 aliphatic heterocycles. The van der Waals surface area contributed by atoms with Gasteiger partial charge < -0.3 is 4.74 Å². The van der Waals surface area contributed by atoms with Gasteiger partial charge in [-0.2, -0.15) is 0 Å². The first-order valence-corrected chi connectivity index (χ1v) is 11.0. The molecule has 2 atom stereocenters. The van der Waals surface area contributed by atoms with Crippen LogP contribution in [0.1, 0.15) is 123 Å². The molecule has 0 N–H and O–H groups in total. The van der Waals surface area contributed by atoms with Gasteiger partial charge in [0.1, 0.15) is 6.10 Å². The van der Waals surface area contributed by atoms with Crippen molar-refractivity contribution < 1.29 is 9.53 Å². The summed E-state index contributed by atoms with van der Waals surface area (Å²) in [5.41, 5.74) is 0. The van der Waals surface area contributed by atoms with Crippen molar-refractivity contribution in [3.8, 4) is 0 Å². The molecule has 0 spiro atoms. The van der Waals surface area contributed by atoms with Crippen molar-refractivity contribution in [2.45, 2.75) is 129 Å². The third-order valence-electron chi connectivity index (χ3n) is 5.49. The van der Waals surface area contributed by atoms with E-state index in [0.29, 0.717) is 0 Å². The molecule has 1 heterocycles. The highest BCUT2D eigenvalue weighted by atomic mass is 16.5. The Hall–Kier alpha value is -0.530. The molecule has 1 fully saturated rings. The summed E-state index contributed by atoms with van der Waals surface area (Å²) in [5, 5.41) is 0. The molecule has 2 heteroatoms. The first-order chi connectivity index (χ1) is 11.8. The molecule has 0 aliphatic carbocycles. The molecule has 0 bridgehead atoms. The lowest BCUT2D eigenvalue weighted by Gasteiger charge is -2.28. The molecule has 0 saturated carbocycles. The molecule has 1 saturated heterocycles. The van der Waals surface area contributed by atoms with Gasteiger partial charge in [-0.05, 0) is 32.1 Å². The number of carbonyl (C=O) groups is 1. The number of unbranched alkanes of at least 4 members (excludes halogenated alkanes) is 11. The van der Waals surface area contributed by atoms with E-state index in [1.165, 1.54) is 83.5 Å². The second-order valence-corrected chi connectivity index (χ2v) is 7.80. The van der Waals surface area contributed by atoms with Gasteiger partial charge >= 0.3 is 5.97 Å². The van der Waals surface area contributed by atoms with E-state index >= 15 is 0 Å². The maximum Gasteiger partial charge on any atom is 0.309 e. The van der Waals surface area contributed by atoms with Gasteiger partial charge in [-0.15, -0.1) is 0 Å². The Morgan fingerprint density at radius 2 is 1.21 bits per heavy atom. The van der Waals surface area contributed by atoms with Crippen LogP contribution in [0.4, 0.5) is 0 Å². The van der Waals surface area contributed by atoms with Crippen LogP contribution in [0.15, 0.2) is 0 Å². The Morgan fingerprint density at radius 1 is 0.708 bits per heavy atom. The molecule has 0 aromatic carbocycles. The van der Waals surface area contributed by atoms with Crippen LogP contribution in [0.5, 0.6) is 0 Å². The Balaban J connectivity index is 1.96. The van der Waals surface area contributed by atoms with Gasteiger partial charge in [-0.3, -0.25) is 4.79 Å². The first-order valence-electron chi connectivity index (χ1n) is 11.0. The van der Waals surface area contributed by atoms with Crippen LogP contribution in [0.25, 0.3) is 0 Å². The van der Waals surface area contributed by atoms with Crippen LogP contribution >= 0.6 is 0 Å². The highest BCUT2D eigenvalue weighted by molar-refractivity contribution is 5.73. The summed E-state index contributed by atoms with van der Waals surface area (Å²) in [6.45, 7) is 4.50. The van der Waals surface area contributed by atoms with E-state index in [2.05, 4.69) is 13.8 Å². The van der Waals surface area contributed by atoms with E-state index in [1.807, 2.05) is 0 Å². The average Bonchev–Trinajstić information content (AvgIpc) is 2.59. The van der Waals surface area contributed by atoms with Crippen molar-refractivity contribution in [3.05, 3.63) is 0 Å². The number of cyclic esters (lactones) is 1. The van der Waals surface area contributed by atoms with Crippen molar-refractivity contribution in [2.75, 3.05) is 0 Å². The van der Waals surface area contributed by atoms with Crippen molar-refractivity contribution in [1.82, 2.24) is 0 Å². The van der Waals surface area contributed by atoms with Crippen LogP contribution < -0.4 is 0 Å². The molecule has 1 aliphatic rings. The molecule has 0 amide bonds. The summed E-state index contributed by atoms with van der Waals surface area (Å²) in [4.78, 5) is 12.1. The van der Waals surface area contributed by atoms with E-state index < -0.39 is 0 Å². The minimum Gasteiger partial charge on any atom is -0.462 e. The maximum atomic E-state index is 12.1. The first kappa shape index (κ1) is 21.5. The van der Waals surface area contributed by atoms with Gasteiger partial charge in [0.15, 0.2) is 0 Å². The fourth-order valence-electron chi connectivity index (χ4n) is 3.79. The summed E-state index contributed by atoms with van der Waals surface area (Å²) in [5.74, 6) is 0.292. The highest BCUT2D eigenvalue weighted by Crippen LogP contribution is 2.27. The SMILES string of the molecule is CCCCCCCCCCC[C@H]1CC[C@H](CCCCCC)C(=O)O1. The second kappa shape index (κ2) is 14.8. The van der Waals surface area contributed by atoms with Gasteiger partial charge in [-0.1, -0.05) is 90.9 Å². The van der Waals surface area contributed by atoms with Crippen LogP contribution in [0.3, 0.4) is 0 Å². The minimum absolute atomic E-state index is 0.0960. The lowest BCUT2D eigenvalue weighted by molar-refractivity contribution is -0.161. The van der Waals surface area contributed by atoms with Gasteiger partial charge in [0.25, 0.3) is 0 Å². The van der Waals surface area contributed by atoms with Gasteiger partial charge in [-0.25, -0.2) is 0 Å². The molecular formula is C22H42O2. The summed E-state index contributed by atoms with van der Waals surface area (Å²) in [7, 11) is 0. The second-order valence-electron chi connectivity index (χ2n) is 7.80. The van der Waals surface area contributed by atoms with Gasteiger partial charge in [0, 0.05) is 0 Å². The summed E-state index contributed by atoms with van der Waals surface area (Å²) in [6, 6.07) is 0. The smallest absolute Gasteiger partial charge is 0.309 e. The molecule has 0 unspecified atom stereocenters. The topological polar surface area (TPSA) is 26.3 Å². The fraction of sp³-hybridized carbons (Fsp3) is 0.955. The Kier molecular flexibility index (Phi) is 13.3. The van der Waals surface area contributed by atoms with E-state index in [-0.39, 0.29) is 18.0 Å². The number of hydrogen-bond donors (Lipinski definition) is 0. The standard InChI is InChI=1S/C22H42O2/c1-3-5-7-9-10-11-12-13-15-17-21-19-18-20(22(23)24-21)16-14-8-6-4-2/h20-21H,3-19H2,1-2H3/t20-,21-/m0/s1. The third kappa shape index (κ3) is 10.4. The van der Waals surface area contributed by atoms with Crippen LogP contribution in [0.2, 0.25) is 0 Å². The predicted octanol–water partition coefficient (Wildman–Crippen LogP) is 7.20. The monoisotopic (exact) mass is 338 g/mol. The normalized spacial score (nSPS) is 21.0. The molecule has 1 rings (SSSR count). The average molecular weight is 339 g/mol. The zero-order chi connectivity index (χ0) is 17.5. The molecule has 0 radical (unpaired) electrons. The number of ether oxygens (including phenoxy) is 1. The van der Waals surface area contributed by atoms with Crippen LogP contribution in [0, 0.1) is 5.92 Å².